The van der Waals surface area contributed by atoms with E-state index < -0.39 is 11.6 Å². The van der Waals surface area contributed by atoms with Crippen LogP contribution in [0, 0.1) is 20.8 Å². The van der Waals surface area contributed by atoms with E-state index in [2.05, 4.69) is 14.9 Å². The number of carbonyl (C=O) groups is 2. The molecule has 162 valence electrons. The molecule has 0 radical (unpaired) electrons. The monoisotopic (exact) mass is 436 g/mol. The molecule has 0 fully saturated rings. The molecule has 0 unspecified atom stereocenters. The van der Waals surface area contributed by atoms with E-state index in [1.807, 2.05) is 84.0 Å². The SMILES string of the molecule is Cc1ccc([C@H](C(=O)NC(C)(C)C)N(C(=O)c2csnn2)c2ccc(C)cc2C)cc1. The summed E-state index contributed by atoms with van der Waals surface area (Å²) in [6, 6.07) is 12.6. The third kappa shape index (κ3) is 5.35. The second-order valence-electron chi connectivity index (χ2n) is 8.81. The second kappa shape index (κ2) is 8.98. The number of carbonyl (C=O) groups excluding carboxylic acids is 2. The van der Waals surface area contributed by atoms with Gasteiger partial charge in [-0.15, -0.1) is 5.10 Å². The lowest BCUT2D eigenvalue weighted by molar-refractivity contribution is -0.123. The zero-order valence-electron chi connectivity index (χ0n) is 18.8. The average molecular weight is 437 g/mol. The molecule has 1 aromatic heterocycles. The van der Waals surface area contributed by atoms with E-state index in [9.17, 15) is 9.59 Å². The summed E-state index contributed by atoms with van der Waals surface area (Å²) in [5.41, 5.74) is 4.20. The molecule has 2 aromatic carbocycles. The van der Waals surface area contributed by atoms with Crippen LogP contribution in [-0.4, -0.2) is 26.9 Å². The molecule has 0 saturated carbocycles. The van der Waals surface area contributed by atoms with E-state index in [4.69, 9.17) is 0 Å². The van der Waals surface area contributed by atoms with Crippen LogP contribution < -0.4 is 10.2 Å². The molecule has 7 heteroatoms. The van der Waals surface area contributed by atoms with E-state index in [0.29, 0.717) is 5.69 Å². The van der Waals surface area contributed by atoms with Gasteiger partial charge in [0.2, 0.25) is 5.91 Å². The van der Waals surface area contributed by atoms with E-state index >= 15 is 0 Å². The molecule has 6 nitrogen and oxygen atoms in total. The Balaban J connectivity index is 2.21. The Morgan fingerprint density at radius 3 is 2.19 bits per heavy atom. The molecule has 0 aliphatic carbocycles. The van der Waals surface area contributed by atoms with Crippen LogP contribution in [0.2, 0.25) is 0 Å². The number of amides is 2. The van der Waals surface area contributed by atoms with E-state index in [1.54, 1.807) is 5.38 Å². The van der Waals surface area contributed by atoms with Crippen molar-refractivity contribution in [1.29, 1.82) is 0 Å². The van der Waals surface area contributed by atoms with Gasteiger partial charge in [-0.3, -0.25) is 14.5 Å². The predicted octanol–water partition coefficient (Wildman–Crippen LogP) is 4.77. The Morgan fingerprint density at radius 1 is 1.00 bits per heavy atom. The van der Waals surface area contributed by atoms with Gasteiger partial charge < -0.3 is 5.32 Å². The van der Waals surface area contributed by atoms with Crippen LogP contribution in [0.3, 0.4) is 0 Å². The first-order valence-corrected chi connectivity index (χ1v) is 11.0. The second-order valence-corrected chi connectivity index (χ2v) is 9.42. The van der Waals surface area contributed by atoms with Crippen molar-refractivity contribution in [3.05, 3.63) is 75.8 Å². The van der Waals surface area contributed by atoms with Crippen molar-refractivity contribution in [2.75, 3.05) is 4.90 Å². The molecule has 2 amide bonds. The minimum absolute atomic E-state index is 0.214. The highest BCUT2D eigenvalue weighted by atomic mass is 32.1. The van der Waals surface area contributed by atoms with Gasteiger partial charge in [-0.05, 0) is 70.3 Å². The van der Waals surface area contributed by atoms with Crippen LogP contribution >= 0.6 is 11.5 Å². The van der Waals surface area contributed by atoms with Gasteiger partial charge in [-0.2, -0.15) is 0 Å². The largest absolute Gasteiger partial charge is 0.349 e. The maximum absolute atomic E-state index is 13.6. The first-order valence-electron chi connectivity index (χ1n) is 10.1. The standard InChI is InChI=1S/C24H28N4O2S/c1-15-7-10-18(11-8-15)21(22(29)25-24(4,5)6)28(23(30)19-14-31-27-26-19)20-12-9-16(2)13-17(20)3/h7-14,21H,1-6H3,(H,25,29)/t21-/m1/s1. The van der Waals surface area contributed by atoms with Crippen molar-refractivity contribution >= 4 is 29.0 Å². The number of nitrogens with one attached hydrogen (secondary N) is 1. The lowest BCUT2D eigenvalue weighted by Gasteiger charge is -2.34. The summed E-state index contributed by atoms with van der Waals surface area (Å²) in [5, 5.41) is 8.63. The fourth-order valence-corrected chi connectivity index (χ4v) is 3.86. The molecule has 0 bridgehead atoms. The molecule has 31 heavy (non-hydrogen) atoms. The van der Waals surface area contributed by atoms with E-state index in [1.165, 1.54) is 4.90 Å². The summed E-state index contributed by atoms with van der Waals surface area (Å²) in [6.45, 7) is 11.7. The third-order valence-electron chi connectivity index (χ3n) is 4.81. The fourth-order valence-electron chi connectivity index (χ4n) is 3.43. The summed E-state index contributed by atoms with van der Waals surface area (Å²) in [4.78, 5) is 28.8. The molecule has 3 rings (SSSR count). The van der Waals surface area contributed by atoms with Crippen LogP contribution in [0.15, 0.2) is 47.8 Å². The molecule has 0 aliphatic rings. The number of anilines is 1. The molecule has 0 aliphatic heterocycles. The zero-order valence-corrected chi connectivity index (χ0v) is 19.6. The summed E-state index contributed by atoms with van der Waals surface area (Å²) in [7, 11) is 0. The lowest BCUT2D eigenvalue weighted by atomic mass is 9.98. The molecular formula is C24H28N4O2S. The molecular weight excluding hydrogens is 408 g/mol. The Labute approximate surface area is 187 Å². The van der Waals surface area contributed by atoms with Crippen molar-refractivity contribution in [3.8, 4) is 0 Å². The Hall–Kier alpha value is -3.06. The first-order chi connectivity index (χ1) is 14.6. The van der Waals surface area contributed by atoms with Crippen LogP contribution in [0.1, 0.15) is 59.6 Å². The fraction of sp³-hybridized carbons (Fsp3) is 0.333. The minimum Gasteiger partial charge on any atom is -0.349 e. The van der Waals surface area contributed by atoms with Gasteiger partial charge in [0, 0.05) is 16.6 Å². The number of aromatic nitrogens is 2. The molecule has 0 spiro atoms. The van der Waals surface area contributed by atoms with Gasteiger partial charge in [0.1, 0.15) is 6.04 Å². The highest BCUT2D eigenvalue weighted by molar-refractivity contribution is 7.03. The van der Waals surface area contributed by atoms with Gasteiger partial charge in [-0.25, -0.2) is 0 Å². The molecule has 0 saturated heterocycles. The molecule has 1 atom stereocenters. The Bertz CT molecular complexity index is 1070. The maximum atomic E-state index is 13.6. The van der Waals surface area contributed by atoms with Gasteiger partial charge in [-0.1, -0.05) is 52.0 Å². The van der Waals surface area contributed by atoms with Crippen LogP contribution in [0.25, 0.3) is 0 Å². The molecule has 1 heterocycles. The van der Waals surface area contributed by atoms with Crippen molar-refractivity contribution < 1.29 is 9.59 Å². The van der Waals surface area contributed by atoms with Gasteiger partial charge >= 0.3 is 0 Å². The number of hydrogen-bond donors (Lipinski definition) is 1. The highest BCUT2D eigenvalue weighted by Crippen LogP contribution is 2.33. The predicted molar refractivity (Wildman–Crippen MR) is 124 cm³/mol. The number of hydrogen-bond acceptors (Lipinski definition) is 5. The lowest BCUT2D eigenvalue weighted by Crippen LogP contribution is -2.49. The van der Waals surface area contributed by atoms with Crippen molar-refractivity contribution in [1.82, 2.24) is 14.9 Å². The Kier molecular flexibility index (Phi) is 6.55. The van der Waals surface area contributed by atoms with Crippen molar-refractivity contribution in [3.63, 3.8) is 0 Å². The average Bonchev–Trinajstić information content (AvgIpc) is 3.21. The van der Waals surface area contributed by atoms with Crippen molar-refractivity contribution in [2.24, 2.45) is 0 Å². The van der Waals surface area contributed by atoms with Gasteiger partial charge in [0.15, 0.2) is 5.69 Å². The summed E-state index contributed by atoms with van der Waals surface area (Å²) < 4.78 is 3.85. The van der Waals surface area contributed by atoms with Crippen LogP contribution in [0.4, 0.5) is 5.69 Å². The quantitative estimate of drug-likeness (QED) is 0.625. The minimum atomic E-state index is -0.865. The topological polar surface area (TPSA) is 75.2 Å². The highest BCUT2D eigenvalue weighted by Gasteiger charge is 2.36. The summed E-state index contributed by atoms with van der Waals surface area (Å²) in [6.07, 6.45) is 0. The number of rotatable bonds is 5. The molecule has 1 N–H and O–H groups in total. The van der Waals surface area contributed by atoms with Crippen LogP contribution in [0.5, 0.6) is 0 Å². The van der Waals surface area contributed by atoms with Gasteiger partial charge in [0.05, 0.1) is 0 Å². The van der Waals surface area contributed by atoms with Gasteiger partial charge in [0.25, 0.3) is 5.91 Å². The number of benzene rings is 2. The van der Waals surface area contributed by atoms with E-state index in [-0.39, 0.29) is 17.5 Å². The van der Waals surface area contributed by atoms with E-state index in [0.717, 1.165) is 33.8 Å². The Morgan fingerprint density at radius 2 is 1.65 bits per heavy atom. The number of aryl methyl sites for hydroxylation is 3. The normalized spacial score (nSPS) is 12.3. The number of nitrogens with zero attached hydrogens (tertiary/aromatic N) is 3. The summed E-state index contributed by atoms with van der Waals surface area (Å²) >= 11 is 1.11. The summed E-state index contributed by atoms with van der Waals surface area (Å²) in [5.74, 6) is -0.622. The van der Waals surface area contributed by atoms with Crippen molar-refractivity contribution in [2.45, 2.75) is 53.1 Å². The maximum Gasteiger partial charge on any atom is 0.280 e. The third-order valence-corrected chi connectivity index (χ3v) is 5.31. The first kappa shape index (κ1) is 22.6. The molecule has 3 aromatic rings. The van der Waals surface area contributed by atoms with Crippen LogP contribution in [-0.2, 0) is 4.79 Å². The smallest absolute Gasteiger partial charge is 0.280 e. The zero-order chi connectivity index (χ0) is 22.8.